The molecule has 0 aliphatic rings. The topological polar surface area (TPSA) is 59.8 Å². The minimum atomic E-state index is -0.207. The molecule has 1 atom stereocenters. The van der Waals surface area contributed by atoms with Crippen LogP contribution in [-0.4, -0.2) is 20.7 Å². The summed E-state index contributed by atoms with van der Waals surface area (Å²) >= 11 is 11.8. The molecule has 5 nitrogen and oxygen atoms in total. The zero-order valence-corrected chi connectivity index (χ0v) is 14.3. The molecule has 7 heteroatoms. The molecular weight excluding hydrogens is 347 g/mol. The summed E-state index contributed by atoms with van der Waals surface area (Å²) in [6.45, 7) is 1.92. The first-order valence-electron chi connectivity index (χ1n) is 7.25. The van der Waals surface area contributed by atoms with Crippen LogP contribution < -0.4 is 5.32 Å². The fraction of sp³-hybridized carbons (Fsp3) is 0.118. The van der Waals surface area contributed by atoms with Crippen LogP contribution in [0.4, 0.5) is 0 Å². The molecule has 2 aromatic carbocycles. The number of nitrogens with one attached hydrogen (secondary N) is 1. The first kappa shape index (κ1) is 16.5. The summed E-state index contributed by atoms with van der Waals surface area (Å²) in [7, 11) is 0. The molecule has 0 radical (unpaired) electrons. The van der Waals surface area contributed by atoms with Gasteiger partial charge in [0.25, 0.3) is 5.91 Å². The van der Waals surface area contributed by atoms with Crippen molar-refractivity contribution >= 4 is 29.1 Å². The van der Waals surface area contributed by atoms with Gasteiger partial charge in [0.05, 0.1) is 21.8 Å². The van der Waals surface area contributed by atoms with E-state index in [1.54, 1.807) is 29.2 Å². The van der Waals surface area contributed by atoms with Crippen molar-refractivity contribution in [1.29, 1.82) is 0 Å². The maximum Gasteiger partial charge on any atom is 0.251 e. The molecule has 0 fully saturated rings. The molecule has 3 rings (SSSR count). The van der Waals surface area contributed by atoms with E-state index in [-0.39, 0.29) is 11.9 Å². The average molecular weight is 361 g/mol. The third-order valence-electron chi connectivity index (χ3n) is 3.61. The molecule has 0 saturated carbocycles. The van der Waals surface area contributed by atoms with Crippen LogP contribution in [0.3, 0.4) is 0 Å². The predicted molar refractivity (Wildman–Crippen MR) is 93.7 cm³/mol. The van der Waals surface area contributed by atoms with Gasteiger partial charge in [-0.25, -0.2) is 9.67 Å². The summed E-state index contributed by atoms with van der Waals surface area (Å²) < 4.78 is 1.67. The molecule has 1 amide bonds. The Bertz CT molecular complexity index is 848. The Morgan fingerprint density at radius 3 is 2.50 bits per heavy atom. The second-order valence-electron chi connectivity index (χ2n) is 5.26. The van der Waals surface area contributed by atoms with Gasteiger partial charge in [-0.1, -0.05) is 35.3 Å². The molecule has 24 heavy (non-hydrogen) atoms. The fourth-order valence-electron chi connectivity index (χ4n) is 2.26. The van der Waals surface area contributed by atoms with Crippen molar-refractivity contribution in [3.63, 3.8) is 0 Å². The quantitative estimate of drug-likeness (QED) is 0.762. The number of aromatic nitrogens is 3. The number of halogens is 2. The third kappa shape index (κ3) is 3.58. The average Bonchev–Trinajstić information content (AvgIpc) is 3.12. The maximum atomic E-state index is 12.3. The molecule has 1 N–H and O–H groups in total. The predicted octanol–water partition coefficient (Wildman–Crippen LogP) is 4.07. The number of rotatable bonds is 4. The maximum absolute atomic E-state index is 12.3. The number of carbonyl (C=O) groups excluding carboxylic acids is 1. The molecule has 0 aliphatic carbocycles. The van der Waals surface area contributed by atoms with Gasteiger partial charge in [-0.2, -0.15) is 5.10 Å². The van der Waals surface area contributed by atoms with Crippen molar-refractivity contribution in [3.8, 4) is 5.69 Å². The third-order valence-corrected chi connectivity index (χ3v) is 4.34. The largest absolute Gasteiger partial charge is 0.346 e. The van der Waals surface area contributed by atoms with Crippen molar-refractivity contribution in [3.05, 3.63) is 76.3 Å². The molecule has 122 valence electrons. The Balaban J connectivity index is 1.71. The Hall–Kier alpha value is -2.37. The van der Waals surface area contributed by atoms with E-state index in [1.807, 2.05) is 31.2 Å². The van der Waals surface area contributed by atoms with E-state index in [4.69, 9.17) is 23.2 Å². The second-order valence-corrected chi connectivity index (χ2v) is 6.07. The summed E-state index contributed by atoms with van der Waals surface area (Å²) in [5.41, 5.74) is 2.35. The molecule has 3 aromatic rings. The smallest absolute Gasteiger partial charge is 0.251 e. The van der Waals surface area contributed by atoms with Gasteiger partial charge in [0, 0.05) is 5.56 Å². The van der Waals surface area contributed by atoms with Gasteiger partial charge in [-0.3, -0.25) is 4.79 Å². The Morgan fingerprint density at radius 1 is 1.12 bits per heavy atom. The Labute approximate surface area is 149 Å². The van der Waals surface area contributed by atoms with E-state index in [0.717, 1.165) is 11.3 Å². The molecular formula is C17H14Cl2N4O. The second kappa shape index (κ2) is 7.03. The minimum absolute atomic E-state index is 0.156. The SMILES string of the molecule is CC(NC(=O)c1ccc(Cl)c(Cl)c1)c1ccc(-n2cncn2)cc1. The van der Waals surface area contributed by atoms with Gasteiger partial charge < -0.3 is 5.32 Å². The summed E-state index contributed by atoms with van der Waals surface area (Å²) in [5.74, 6) is -0.207. The first-order chi connectivity index (χ1) is 11.5. The molecule has 0 saturated heterocycles. The lowest BCUT2D eigenvalue weighted by atomic mass is 10.1. The van der Waals surface area contributed by atoms with Crippen molar-refractivity contribution in [2.45, 2.75) is 13.0 Å². The van der Waals surface area contributed by atoms with Gasteiger partial charge in [0.2, 0.25) is 0 Å². The molecule has 1 heterocycles. The lowest BCUT2D eigenvalue weighted by molar-refractivity contribution is 0.0940. The van der Waals surface area contributed by atoms with Crippen molar-refractivity contribution in [2.75, 3.05) is 0 Å². The van der Waals surface area contributed by atoms with Gasteiger partial charge >= 0.3 is 0 Å². The standard InChI is InChI=1S/C17H14Cl2N4O/c1-11(22-17(24)13-4-7-15(18)16(19)8-13)12-2-5-14(6-3-12)23-10-20-9-21-23/h2-11H,1H3,(H,22,24). The zero-order chi connectivity index (χ0) is 17.1. The highest BCUT2D eigenvalue weighted by Gasteiger charge is 2.13. The molecule has 1 aromatic heterocycles. The highest BCUT2D eigenvalue weighted by Crippen LogP contribution is 2.23. The summed E-state index contributed by atoms with van der Waals surface area (Å²) in [6.07, 6.45) is 3.11. The van der Waals surface area contributed by atoms with Crippen molar-refractivity contribution in [2.24, 2.45) is 0 Å². The number of benzene rings is 2. The fourth-order valence-corrected chi connectivity index (χ4v) is 2.56. The van der Waals surface area contributed by atoms with Gasteiger partial charge in [-0.15, -0.1) is 0 Å². The molecule has 0 bridgehead atoms. The van der Waals surface area contributed by atoms with Gasteiger partial charge in [0.15, 0.2) is 0 Å². The van der Waals surface area contributed by atoms with E-state index in [2.05, 4.69) is 15.4 Å². The number of carbonyl (C=O) groups is 1. The molecule has 1 unspecified atom stereocenters. The van der Waals surface area contributed by atoms with Crippen LogP contribution in [-0.2, 0) is 0 Å². The van der Waals surface area contributed by atoms with E-state index in [0.29, 0.717) is 15.6 Å². The number of hydrogen-bond donors (Lipinski definition) is 1. The zero-order valence-electron chi connectivity index (χ0n) is 12.8. The number of nitrogens with zero attached hydrogens (tertiary/aromatic N) is 3. The van der Waals surface area contributed by atoms with Crippen molar-refractivity contribution in [1.82, 2.24) is 20.1 Å². The molecule has 0 spiro atoms. The van der Waals surface area contributed by atoms with Crippen molar-refractivity contribution < 1.29 is 4.79 Å². The first-order valence-corrected chi connectivity index (χ1v) is 8.01. The van der Waals surface area contributed by atoms with E-state index in [1.165, 1.54) is 6.33 Å². The van der Waals surface area contributed by atoms with E-state index < -0.39 is 0 Å². The summed E-state index contributed by atoms with van der Waals surface area (Å²) in [6, 6.07) is 12.4. The van der Waals surface area contributed by atoms with E-state index in [9.17, 15) is 4.79 Å². The highest BCUT2D eigenvalue weighted by molar-refractivity contribution is 6.42. The number of hydrogen-bond acceptors (Lipinski definition) is 3. The van der Waals surface area contributed by atoms with Crippen LogP contribution in [0.25, 0.3) is 5.69 Å². The number of amides is 1. The minimum Gasteiger partial charge on any atom is -0.346 e. The van der Waals surface area contributed by atoms with Crippen LogP contribution in [0.2, 0.25) is 10.0 Å². The summed E-state index contributed by atoms with van der Waals surface area (Å²) in [4.78, 5) is 16.2. The highest BCUT2D eigenvalue weighted by atomic mass is 35.5. The van der Waals surface area contributed by atoms with Gasteiger partial charge in [-0.05, 0) is 42.8 Å². The Kier molecular flexibility index (Phi) is 4.83. The van der Waals surface area contributed by atoms with Crippen LogP contribution >= 0.6 is 23.2 Å². The van der Waals surface area contributed by atoms with E-state index >= 15 is 0 Å². The lowest BCUT2D eigenvalue weighted by Gasteiger charge is -2.15. The molecule has 0 aliphatic heterocycles. The normalized spacial score (nSPS) is 12.0. The van der Waals surface area contributed by atoms with Gasteiger partial charge in [0.1, 0.15) is 12.7 Å². The Morgan fingerprint density at radius 2 is 1.88 bits per heavy atom. The monoisotopic (exact) mass is 360 g/mol. The summed E-state index contributed by atoms with van der Waals surface area (Å²) in [5, 5.41) is 7.79. The van der Waals surface area contributed by atoms with Crippen LogP contribution in [0.15, 0.2) is 55.1 Å². The van der Waals surface area contributed by atoms with Crippen LogP contribution in [0.5, 0.6) is 0 Å². The lowest BCUT2D eigenvalue weighted by Crippen LogP contribution is -2.26. The van der Waals surface area contributed by atoms with Crippen LogP contribution in [0, 0.1) is 0 Å². The van der Waals surface area contributed by atoms with Crippen LogP contribution in [0.1, 0.15) is 28.9 Å².